The zero-order chi connectivity index (χ0) is 14.1. The molecule has 0 aromatic carbocycles. The minimum absolute atomic E-state index is 0. The smallest absolute Gasteiger partial charge is 0.226 e. The number of piperidine rings is 1. The fourth-order valence-electron chi connectivity index (χ4n) is 2.92. The molecule has 1 saturated heterocycles. The standard InChI is InChI=1S/C16H32N2O.HI/c1-4-5-6-7-8-9-13-18(3)16(19)15-11-10-12-17(2)14-15;/h15H,4-14H2,1-3H3;1H. The number of amides is 1. The number of carbonyl (C=O) groups is 1. The van der Waals surface area contributed by atoms with Crippen LogP contribution in [0, 0.1) is 5.92 Å². The average Bonchev–Trinajstić information content (AvgIpc) is 2.41. The predicted octanol–water partition coefficient (Wildman–Crippen LogP) is 3.77. The predicted molar refractivity (Wildman–Crippen MR) is 96.6 cm³/mol. The molecular formula is C16H33IN2O. The molecule has 1 heterocycles. The van der Waals surface area contributed by atoms with Gasteiger partial charge in [-0.05, 0) is 32.9 Å². The normalized spacial score (nSPS) is 19.4. The molecule has 0 spiro atoms. The summed E-state index contributed by atoms with van der Waals surface area (Å²) in [7, 11) is 4.09. The Labute approximate surface area is 142 Å². The van der Waals surface area contributed by atoms with Crippen LogP contribution < -0.4 is 0 Å². The Morgan fingerprint density at radius 3 is 2.50 bits per heavy atom. The van der Waals surface area contributed by atoms with Crippen molar-refractivity contribution in [2.45, 2.75) is 58.3 Å². The van der Waals surface area contributed by atoms with Crippen molar-refractivity contribution < 1.29 is 4.79 Å². The van der Waals surface area contributed by atoms with Crippen molar-refractivity contribution in [1.29, 1.82) is 0 Å². The molecule has 1 aliphatic heterocycles. The lowest BCUT2D eigenvalue weighted by Gasteiger charge is -2.31. The number of nitrogens with zero attached hydrogens (tertiary/aromatic N) is 2. The number of hydrogen-bond donors (Lipinski definition) is 0. The van der Waals surface area contributed by atoms with Crippen molar-refractivity contribution in [2.24, 2.45) is 5.92 Å². The van der Waals surface area contributed by atoms with Crippen molar-refractivity contribution in [2.75, 3.05) is 33.7 Å². The number of hydrogen-bond acceptors (Lipinski definition) is 2. The van der Waals surface area contributed by atoms with Gasteiger partial charge in [0.2, 0.25) is 5.91 Å². The third-order valence-electron chi connectivity index (χ3n) is 4.20. The van der Waals surface area contributed by atoms with Crippen LogP contribution in [0.5, 0.6) is 0 Å². The summed E-state index contributed by atoms with van der Waals surface area (Å²) in [5.74, 6) is 0.601. The van der Waals surface area contributed by atoms with Gasteiger partial charge in [0.1, 0.15) is 0 Å². The van der Waals surface area contributed by atoms with E-state index in [1.54, 1.807) is 0 Å². The molecular weight excluding hydrogens is 363 g/mol. The Balaban J connectivity index is 0.00000361. The van der Waals surface area contributed by atoms with Gasteiger partial charge in [0.15, 0.2) is 0 Å². The SMILES string of the molecule is CCCCCCCCN(C)C(=O)C1CCCN(C)C1.I. The molecule has 20 heavy (non-hydrogen) atoms. The van der Waals surface area contributed by atoms with Gasteiger partial charge >= 0.3 is 0 Å². The quantitative estimate of drug-likeness (QED) is 0.461. The van der Waals surface area contributed by atoms with Crippen LogP contribution >= 0.6 is 24.0 Å². The number of carbonyl (C=O) groups excluding carboxylic acids is 1. The largest absolute Gasteiger partial charge is 0.345 e. The first-order valence-electron chi connectivity index (χ1n) is 8.08. The van der Waals surface area contributed by atoms with Crippen LogP contribution in [0.25, 0.3) is 0 Å². The first kappa shape index (κ1) is 20.2. The van der Waals surface area contributed by atoms with Crippen molar-refractivity contribution in [3.63, 3.8) is 0 Å². The lowest BCUT2D eigenvalue weighted by molar-refractivity contribution is -0.135. The summed E-state index contributed by atoms with van der Waals surface area (Å²) in [6.45, 7) is 5.27. The van der Waals surface area contributed by atoms with E-state index in [1.807, 2.05) is 11.9 Å². The fraction of sp³-hybridized carbons (Fsp3) is 0.938. The van der Waals surface area contributed by atoms with Gasteiger partial charge < -0.3 is 9.80 Å². The maximum absolute atomic E-state index is 12.3. The molecule has 0 bridgehead atoms. The Kier molecular flexibility index (Phi) is 11.9. The summed E-state index contributed by atoms with van der Waals surface area (Å²) >= 11 is 0. The van der Waals surface area contributed by atoms with Crippen molar-refractivity contribution in [3.8, 4) is 0 Å². The average molecular weight is 396 g/mol. The maximum atomic E-state index is 12.3. The molecule has 0 aromatic rings. The van der Waals surface area contributed by atoms with E-state index in [9.17, 15) is 4.79 Å². The van der Waals surface area contributed by atoms with Crippen LogP contribution in [-0.4, -0.2) is 49.4 Å². The third-order valence-corrected chi connectivity index (χ3v) is 4.20. The molecule has 1 aliphatic rings. The van der Waals surface area contributed by atoms with Crippen LogP contribution in [-0.2, 0) is 4.79 Å². The summed E-state index contributed by atoms with van der Waals surface area (Å²) in [6.07, 6.45) is 9.98. The second-order valence-corrected chi connectivity index (χ2v) is 6.13. The third kappa shape index (κ3) is 7.81. The van der Waals surface area contributed by atoms with E-state index < -0.39 is 0 Å². The molecule has 0 radical (unpaired) electrons. The van der Waals surface area contributed by atoms with E-state index in [0.717, 1.165) is 38.9 Å². The minimum Gasteiger partial charge on any atom is -0.345 e. The van der Waals surface area contributed by atoms with Crippen LogP contribution in [0.4, 0.5) is 0 Å². The Hall–Kier alpha value is 0.160. The molecule has 0 N–H and O–H groups in total. The second kappa shape index (κ2) is 11.8. The van der Waals surface area contributed by atoms with E-state index >= 15 is 0 Å². The highest BCUT2D eigenvalue weighted by Gasteiger charge is 2.25. The second-order valence-electron chi connectivity index (χ2n) is 6.13. The molecule has 0 saturated carbocycles. The van der Waals surface area contributed by atoms with Crippen LogP contribution in [0.2, 0.25) is 0 Å². The molecule has 120 valence electrons. The lowest BCUT2D eigenvalue weighted by atomic mass is 9.97. The molecule has 1 amide bonds. The summed E-state index contributed by atoms with van der Waals surface area (Å²) in [5.41, 5.74) is 0. The Morgan fingerprint density at radius 2 is 1.85 bits per heavy atom. The summed E-state index contributed by atoms with van der Waals surface area (Å²) in [6, 6.07) is 0. The highest BCUT2D eigenvalue weighted by Crippen LogP contribution is 2.17. The topological polar surface area (TPSA) is 23.6 Å². The van der Waals surface area contributed by atoms with E-state index in [0.29, 0.717) is 5.91 Å². The van der Waals surface area contributed by atoms with Gasteiger partial charge in [0.05, 0.1) is 5.92 Å². The number of unbranched alkanes of at least 4 members (excludes halogenated alkanes) is 5. The monoisotopic (exact) mass is 396 g/mol. The molecule has 1 atom stereocenters. The summed E-state index contributed by atoms with van der Waals surface area (Å²) < 4.78 is 0. The molecule has 1 unspecified atom stereocenters. The first-order chi connectivity index (χ1) is 9.15. The Morgan fingerprint density at radius 1 is 1.20 bits per heavy atom. The van der Waals surface area contributed by atoms with Gasteiger partial charge in [-0.3, -0.25) is 4.79 Å². The van der Waals surface area contributed by atoms with E-state index in [2.05, 4.69) is 18.9 Å². The zero-order valence-electron chi connectivity index (χ0n) is 13.6. The molecule has 4 heteroatoms. The number of likely N-dealkylation sites (tertiary alicyclic amines) is 1. The van der Waals surface area contributed by atoms with Gasteiger partial charge in [-0.2, -0.15) is 0 Å². The van der Waals surface area contributed by atoms with E-state index in [1.165, 1.54) is 32.1 Å². The van der Waals surface area contributed by atoms with Crippen LogP contribution in [0.1, 0.15) is 58.3 Å². The van der Waals surface area contributed by atoms with Gasteiger partial charge in [0.25, 0.3) is 0 Å². The minimum atomic E-state index is 0. The highest BCUT2D eigenvalue weighted by atomic mass is 127. The number of rotatable bonds is 8. The van der Waals surface area contributed by atoms with E-state index in [-0.39, 0.29) is 29.9 Å². The molecule has 0 aliphatic carbocycles. The maximum Gasteiger partial charge on any atom is 0.226 e. The molecule has 3 nitrogen and oxygen atoms in total. The molecule has 1 fully saturated rings. The Bertz CT molecular complexity index is 261. The highest BCUT2D eigenvalue weighted by molar-refractivity contribution is 14.0. The molecule has 0 aromatic heterocycles. The summed E-state index contributed by atoms with van der Waals surface area (Å²) in [4.78, 5) is 16.6. The summed E-state index contributed by atoms with van der Waals surface area (Å²) in [5, 5.41) is 0. The lowest BCUT2D eigenvalue weighted by Crippen LogP contribution is -2.42. The fourth-order valence-corrected chi connectivity index (χ4v) is 2.92. The van der Waals surface area contributed by atoms with Crippen LogP contribution in [0.3, 0.4) is 0 Å². The van der Waals surface area contributed by atoms with Gasteiger partial charge in [-0.1, -0.05) is 39.0 Å². The van der Waals surface area contributed by atoms with Gasteiger partial charge in [-0.15, -0.1) is 24.0 Å². The van der Waals surface area contributed by atoms with Gasteiger partial charge in [0, 0.05) is 20.1 Å². The van der Waals surface area contributed by atoms with Crippen molar-refractivity contribution >= 4 is 29.9 Å². The van der Waals surface area contributed by atoms with E-state index in [4.69, 9.17) is 0 Å². The first-order valence-corrected chi connectivity index (χ1v) is 8.08. The van der Waals surface area contributed by atoms with Crippen molar-refractivity contribution in [3.05, 3.63) is 0 Å². The van der Waals surface area contributed by atoms with Crippen molar-refractivity contribution in [1.82, 2.24) is 9.80 Å². The van der Waals surface area contributed by atoms with Gasteiger partial charge in [-0.25, -0.2) is 0 Å². The number of halogens is 1. The van der Waals surface area contributed by atoms with Crippen LogP contribution in [0.15, 0.2) is 0 Å². The zero-order valence-corrected chi connectivity index (χ0v) is 15.9. The molecule has 1 rings (SSSR count).